The van der Waals surface area contributed by atoms with Crippen molar-refractivity contribution in [1.82, 2.24) is 4.90 Å². The molecule has 11 heteroatoms. The van der Waals surface area contributed by atoms with Crippen molar-refractivity contribution in [2.45, 2.75) is 31.1 Å². The topological polar surface area (TPSA) is 88.9 Å². The van der Waals surface area contributed by atoms with Gasteiger partial charge in [0.25, 0.3) is 0 Å². The maximum Gasteiger partial charge on any atom is 0.416 e. The van der Waals surface area contributed by atoms with Crippen LogP contribution >= 0.6 is 0 Å². The van der Waals surface area contributed by atoms with Crippen LogP contribution in [0.4, 0.5) is 23.7 Å². The molecular weight excluding hydrogens is 521 g/mol. The van der Waals surface area contributed by atoms with Crippen molar-refractivity contribution in [3.8, 4) is 5.75 Å². The van der Waals surface area contributed by atoms with Crippen molar-refractivity contribution in [1.29, 1.82) is 0 Å². The first-order valence-corrected chi connectivity index (χ1v) is 12.8. The van der Waals surface area contributed by atoms with Gasteiger partial charge in [0.2, 0.25) is 0 Å². The molecule has 7 nitrogen and oxygen atoms in total. The fourth-order valence-corrected chi connectivity index (χ4v) is 4.48. The Morgan fingerprint density at radius 3 is 2.29 bits per heavy atom. The molecule has 3 aromatic carbocycles. The number of carbonyl (C=O) groups excluding carboxylic acids is 1. The quantitative estimate of drug-likeness (QED) is 0.252. The van der Waals surface area contributed by atoms with Gasteiger partial charge in [-0.05, 0) is 67.1 Å². The van der Waals surface area contributed by atoms with Crippen LogP contribution in [0.15, 0.2) is 101 Å². The van der Waals surface area contributed by atoms with E-state index in [1.54, 1.807) is 36.4 Å². The summed E-state index contributed by atoms with van der Waals surface area (Å²) < 4.78 is 74.4. The first kappa shape index (κ1) is 26.8. The van der Waals surface area contributed by atoms with Gasteiger partial charge in [-0.3, -0.25) is 0 Å². The number of benzene rings is 3. The Morgan fingerprint density at radius 2 is 1.66 bits per heavy atom. The van der Waals surface area contributed by atoms with Crippen LogP contribution in [0, 0.1) is 6.92 Å². The number of hydrogen-bond donors (Lipinski definition) is 1. The molecule has 1 N–H and O–H groups in total. The number of anilines is 1. The zero-order valence-corrected chi connectivity index (χ0v) is 20.9. The summed E-state index contributed by atoms with van der Waals surface area (Å²) >= 11 is 0. The number of rotatable bonds is 8. The van der Waals surface area contributed by atoms with Crippen LogP contribution in [0.1, 0.15) is 22.5 Å². The van der Waals surface area contributed by atoms with Gasteiger partial charge < -0.3 is 18.8 Å². The maximum atomic E-state index is 13.0. The van der Waals surface area contributed by atoms with Gasteiger partial charge in [-0.25, -0.2) is 4.79 Å². The number of carbonyl (C=O) groups is 1. The first-order chi connectivity index (χ1) is 18.0. The van der Waals surface area contributed by atoms with Gasteiger partial charge in [0.1, 0.15) is 16.4 Å². The molecule has 0 bridgehead atoms. The molecule has 2 amide bonds. The molecule has 0 aliphatic heterocycles. The third-order valence-corrected chi connectivity index (χ3v) is 6.71. The summed E-state index contributed by atoms with van der Waals surface area (Å²) in [7, 11) is -4.50. The second kappa shape index (κ2) is 11.0. The van der Waals surface area contributed by atoms with E-state index in [0.29, 0.717) is 23.1 Å². The van der Waals surface area contributed by atoms with Crippen molar-refractivity contribution in [2.24, 2.45) is 0 Å². The second-order valence-electron chi connectivity index (χ2n) is 8.44. The summed E-state index contributed by atoms with van der Waals surface area (Å²) in [6.07, 6.45) is -3.19. The molecule has 4 aromatic rings. The SMILES string of the molecule is Cc1ccc(NC(=O)N(Cc2ccc(OS(=O)(=O)c3cccc(C(F)(F)F)c3)cc2)Cc2ccco2)cc1. The van der Waals surface area contributed by atoms with Crippen LogP contribution in [-0.4, -0.2) is 19.3 Å². The van der Waals surface area contributed by atoms with Crippen molar-refractivity contribution in [2.75, 3.05) is 5.32 Å². The number of urea groups is 1. The van der Waals surface area contributed by atoms with Crippen molar-refractivity contribution >= 4 is 21.8 Å². The van der Waals surface area contributed by atoms with Crippen molar-refractivity contribution in [3.05, 3.63) is 114 Å². The van der Waals surface area contributed by atoms with E-state index in [-0.39, 0.29) is 24.9 Å². The van der Waals surface area contributed by atoms with E-state index in [9.17, 15) is 26.4 Å². The summed E-state index contributed by atoms with van der Waals surface area (Å²) in [5.74, 6) is 0.476. The monoisotopic (exact) mass is 544 g/mol. The highest BCUT2D eigenvalue weighted by atomic mass is 32.2. The normalized spacial score (nSPS) is 11.7. The van der Waals surface area contributed by atoms with Gasteiger partial charge >= 0.3 is 22.3 Å². The molecule has 0 fully saturated rings. The second-order valence-corrected chi connectivity index (χ2v) is 9.98. The molecule has 198 valence electrons. The number of aryl methyl sites for hydroxylation is 1. The lowest BCUT2D eigenvalue weighted by atomic mass is 10.2. The number of amides is 2. The Morgan fingerprint density at radius 1 is 0.947 bits per heavy atom. The number of hydrogen-bond acceptors (Lipinski definition) is 5. The van der Waals surface area contributed by atoms with Crippen molar-refractivity contribution < 1.29 is 35.0 Å². The lowest BCUT2D eigenvalue weighted by Gasteiger charge is -2.22. The van der Waals surface area contributed by atoms with Crippen LogP contribution < -0.4 is 9.50 Å². The predicted octanol–water partition coefficient (Wildman–Crippen LogP) is 6.61. The molecule has 0 saturated heterocycles. The van der Waals surface area contributed by atoms with Gasteiger partial charge in [-0.2, -0.15) is 21.6 Å². The molecule has 1 heterocycles. The lowest BCUT2D eigenvalue weighted by molar-refractivity contribution is -0.137. The van der Waals surface area contributed by atoms with Crippen LogP contribution in [0.25, 0.3) is 0 Å². The minimum absolute atomic E-state index is 0.0900. The van der Waals surface area contributed by atoms with Gasteiger partial charge in [0, 0.05) is 12.2 Å². The molecule has 38 heavy (non-hydrogen) atoms. The van der Waals surface area contributed by atoms with Crippen LogP contribution in [0.3, 0.4) is 0 Å². The van der Waals surface area contributed by atoms with E-state index in [1.165, 1.54) is 23.3 Å². The molecule has 0 saturated carbocycles. The minimum Gasteiger partial charge on any atom is -0.467 e. The summed E-state index contributed by atoms with van der Waals surface area (Å²) in [6.45, 7) is 2.26. The van der Waals surface area contributed by atoms with E-state index in [1.807, 2.05) is 19.1 Å². The molecule has 0 spiro atoms. The largest absolute Gasteiger partial charge is 0.467 e. The average Bonchev–Trinajstić information content (AvgIpc) is 3.39. The first-order valence-electron chi connectivity index (χ1n) is 11.4. The van der Waals surface area contributed by atoms with E-state index in [0.717, 1.165) is 23.8 Å². The number of nitrogens with zero attached hydrogens (tertiary/aromatic N) is 1. The van der Waals surface area contributed by atoms with E-state index >= 15 is 0 Å². The van der Waals surface area contributed by atoms with Crippen LogP contribution in [0.2, 0.25) is 0 Å². The lowest BCUT2D eigenvalue weighted by Crippen LogP contribution is -2.34. The molecule has 4 rings (SSSR count). The van der Waals surface area contributed by atoms with Gasteiger partial charge in [0.05, 0.1) is 18.4 Å². The van der Waals surface area contributed by atoms with E-state index in [4.69, 9.17) is 8.60 Å². The fourth-order valence-electron chi connectivity index (χ4n) is 3.50. The fraction of sp³-hybridized carbons (Fsp3) is 0.148. The summed E-state index contributed by atoms with van der Waals surface area (Å²) in [6, 6.07) is 19.6. The number of halogens is 3. The molecule has 0 atom stereocenters. The highest BCUT2D eigenvalue weighted by molar-refractivity contribution is 7.87. The Labute approximate surface area is 217 Å². The van der Waals surface area contributed by atoms with E-state index in [2.05, 4.69) is 5.32 Å². The van der Waals surface area contributed by atoms with Gasteiger partial charge in [-0.15, -0.1) is 0 Å². The Bertz CT molecular complexity index is 1490. The number of furan rings is 1. The molecule has 0 aliphatic carbocycles. The summed E-state index contributed by atoms with van der Waals surface area (Å²) in [5, 5.41) is 2.84. The molecule has 1 aromatic heterocycles. The van der Waals surface area contributed by atoms with E-state index < -0.39 is 26.8 Å². The smallest absolute Gasteiger partial charge is 0.416 e. The molecular formula is C27H23F3N2O5S. The highest BCUT2D eigenvalue weighted by Gasteiger charge is 2.32. The Kier molecular flexibility index (Phi) is 7.77. The molecule has 0 radical (unpaired) electrons. The molecule has 0 unspecified atom stereocenters. The van der Waals surface area contributed by atoms with Crippen molar-refractivity contribution in [3.63, 3.8) is 0 Å². The average molecular weight is 545 g/mol. The third kappa shape index (κ3) is 6.94. The number of nitrogens with one attached hydrogen (secondary N) is 1. The highest BCUT2D eigenvalue weighted by Crippen LogP contribution is 2.31. The zero-order chi connectivity index (χ0) is 27.3. The third-order valence-electron chi connectivity index (χ3n) is 5.47. The van der Waals surface area contributed by atoms with Gasteiger partial charge in [0.15, 0.2) is 0 Å². The van der Waals surface area contributed by atoms with Gasteiger partial charge in [-0.1, -0.05) is 35.9 Å². The van der Waals surface area contributed by atoms with Crippen LogP contribution in [-0.2, 0) is 29.4 Å². The Balaban J connectivity index is 1.48. The zero-order valence-electron chi connectivity index (χ0n) is 20.1. The maximum absolute atomic E-state index is 13.0. The summed E-state index contributed by atoms with van der Waals surface area (Å²) in [5.41, 5.74) is 1.22. The standard InChI is InChI=1S/C27H23F3N2O5S/c1-19-7-11-22(12-8-19)31-26(33)32(18-24-5-3-15-36-24)17-20-9-13-23(14-10-20)37-38(34,35)25-6-2-4-21(16-25)27(28,29)30/h2-16H,17-18H2,1H3,(H,31,33). The molecule has 0 aliphatic rings. The summed E-state index contributed by atoms with van der Waals surface area (Å²) in [4.78, 5) is 13.9. The van der Waals surface area contributed by atoms with Crippen LogP contribution in [0.5, 0.6) is 5.75 Å². The predicted molar refractivity (Wildman–Crippen MR) is 134 cm³/mol. The minimum atomic E-state index is -4.69. The Hall–Kier alpha value is -4.25. The number of alkyl halides is 3.